The van der Waals surface area contributed by atoms with Gasteiger partial charge in [-0.1, -0.05) is 63.9 Å². The summed E-state index contributed by atoms with van der Waals surface area (Å²) < 4.78 is 6.82. The normalized spacial score (nSPS) is 10.7. The second-order valence-electron chi connectivity index (χ2n) is 7.78. The van der Waals surface area contributed by atoms with Crippen LogP contribution in [0.25, 0.3) is 0 Å². The molecule has 10 heteroatoms. The van der Waals surface area contributed by atoms with Crippen molar-refractivity contribution in [3.05, 3.63) is 127 Å². The molecule has 2 N–H and O–H groups in total. The number of carbonyl (C=O) groups excluding carboxylic acids is 3. The molecule has 0 aliphatic carbocycles. The van der Waals surface area contributed by atoms with Gasteiger partial charge in [0.25, 0.3) is 11.8 Å². The fourth-order valence-corrected chi connectivity index (χ4v) is 4.88. The van der Waals surface area contributed by atoms with E-state index in [0.717, 1.165) is 0 Å². The minimum absolute atomic E-state index is 0.240. The molecule has 0 atom stereocenters. The number of carbonyl (C=O) groups is 3. The van der Waals surface area contributed by atoms with Crippen molar-refractivity contribution in [3.63, 3.8) is 0 Å². The number of nitrogens with zero attached hydrogens (tertiary/aromatic N) is 1. The van der Waals surface area contributed by atoms with Gasteiger partial charge in [-0.15, -0.1) is 0 Å². The molecule has 190 valence electrons. The largest absolute Gasteiger partial charge is 0.421 e. The summed E-state index contributed by atoms with van der Waals surface area (Å²) in [6.45, 7) is 0. The molecular weight excluding hydrogens is 638 g/mol. The summed E-state index contributed by atoms with van der Waals surface area (Å²) in [6, 6.07) is 25.0. The monoisotopic (exact) mass is 653 g/mol. The van der Waals surface area contributed by atoms with Crippen LogP contribution in [0.1, 0.15) is 36.6 Å². The Morgan fingerprint density at radius 2 is 1.53 bits per heavy atom. The lowest BCUT2D eigenvalue weighted by atomic mass is 10.1. The Morgan fingerprint density at radius 3 is 2.29 bits per heavy atom. The van der Waals surface area contributed by atoms with Gasteiger partial charge in [-0.05, 0) is 70.5 Å². The summed E-state index contributed by atoms with van der Waals surface area (Å²) in [4.78, 5) is 37.8. The number of halogens is 3. The van der Waals surface area contributed by atoms with Crippen molar-refractivity contribution in [2.45, 2.75) is 0 Å². The standard InChI is InChI=1S/C28H18Br2ClN3O4/c29-20-13-19(25(23(30)15-20)38-28(37)17-7-2-1-3-8-17)16-32-34-26(35)18-9-6-10-21(14-18)33-27(36)22-11-4-5-12-24(22)31/h1-16H,(H,33,36)(H,34,35). The number of rotatable bonds is 7. The molecule has 38 heavy (non-hydrogen) atoms. The zero-order valence-electron chi connectivity index (χ0n) is 19.5. The topological polar surface area (TPSA) is 96.9 Å². The van der Waals surface area contributed by atoms with E-state index in [1.54, 1.807) is 84.9 Å². The van der Waals surface area contributed by atoms with Crippen LogP contribution in [0.5, 0.6) is 5.75 Å². The van der Waals surface area contributed by atoms with Gasteiger partial charge in [-0.25, -0.2) is 10.2 Å². The second-order valence-corrected chi connectivity index (χ2v) is 9.95. The van der Waals surface area contributed by atoms with Crippen LogP contribution < -0.4 is 15.5 Å². The number of hydrogen-bond acceptors (Lipinski definition) is 5. The average Bonchev–Trinajstić information content (AvgIpc) is 2.91. The highest BCUT2D eigenvalue weighted by Crippen LogP contribution is 2.32. The molecule has 0 radical (unpaired) electrons. The van der Waals surface area contributed by atoms with E-state index in [1.807, 2.05) is 0 Å². The van der Waals surface area contributed by atoms with Crippen molar-refractivity contribution in [2.75, 3.05) is 5.32 Å². The summed E-state index contributed by atoms with van der Waals surface area (Å²) in [6.07, 6.45) is 1.37. The highest BCUT2D eigenvalue weighted by molar-refractivity contribution is 9.11. The van der Waals surface area contributed by atoms with Crippen LogP contribution in [0.4, 0.5) is 5.69 Å². The summed E-state index contributed by atoms with van der Waals surface area (Å²) >= 11 is 12.9. The zero-order valence-corrected chi connectivity index (χ0v) is 23.4. The van der Waals surface area contributed by atoms with Gasteiger partial charge in [0.15, 0.2) is 5.75 Å². The zero-order chi connectivity index (χ0) is 27.1. The first-order valence-electron chi connectivity index (χ1n) is 11.1. The fraction of sp³-hybridized carbons (Fsp3) is 0. The molecule has 2 amide bonds. The molecule has 0 spiro atoms. The first kappa shape index (κ1) is 27.3. The number of ether oxygens (including phenoxy) is 1. The van der Waals surface area contributed by atoms with E-state index in [2.05, 4.69) is 47.7 Å². The fourth-order valence-electron chi connectivity index (χ4n) is 3.32. The maximum Gasteiger partial charge on any atom is 0.343 e. The third-order valence-electron chi connectivity index (χ3n) is 5.11. The number of benzene rings is 4. The lowest BCUT2D eigenvalue weighted by Gasteiger charge is -2.10. The minimum atomic E-state index is -0.539. The van der Waals surface area contributed by atoms with Gasteiger partial charge in [0.05, 0.1) is 26.8 Å². The van der Waals surface area contributed by atoms with E-state index in [-0.39, 0.29) is 11.3 Å². The van der Waals surface area contributed by atoms with Gasteiger partial charge >= 0.3 is 5.97 Å². The molecule has 0 aromatic heterocycles. The van der Waals surface area contributed by atoms with Gasteiger partial charge in [-0.2, -0.15) is 5.10 Å². The smallest absolute Gasteiger partial charge is 0.343 e. The molecule has 0 aliphatic rings. The Morgan fingerprint density at radius 1 is 0.816 bits per heavy atom. The predicted octanol–water partition coefficient (Wildman–Crippen LogP) is 7.10. The minimum Gasteiger partial charge on any atom is -0.421 e. The average molecular weight is 656 g/mol. The van der Waals surface area contributed by atoms with Crippen LogP contribution >= 0.6 is 43.5 Å². The molecule has 0 saturated heterocycles. The van der Waals surface area contributed by atoms with E-state index < -0.39 is 17.8 Å². The summed E-state index contributed by atoms with van der Waals surface area (Å²) in [5, 5.41) is 7.08. The van der Waals surface area contributed by atoms with Crippen molar-refractivity contribution in [3.8, 4) is 5.75 Å². The number of anilines is 1. The van der Waals surface area contributed by atoms with Crippen molar-refractivity contribution >= 4 is 73.1 Å². The van der Waals surface area contributed by atoms with E-state index in [4.69, 9.17) is 16.3 Å². The van der Waals surface area contributed by atoms with Gasteiger partial charge in [-0.3, -0.25) is 9.59 Å². The van der Waals surface area contributed by atoms with E-state index in [0.29, 0.717) is 36.3 Å². The van der Waals surface area contributed by atoms with E-state index in [1.165, 1.54) is 12.3 Å². The van der Waals surface area contributed by atoms with Crippen molar-refractivity contribution in [2.24, 2.45) is 5.10 Å². The van der Waals surface area contributed by atoms with Crippen molar-refractivity contribution in [1.82, 2.24) is 5.43 Å². The van der Waals surface area contributed by atoms with Crippen molar-refractivity contribution < 1.29 is 19.1 Å². The maximum atomic E-state index is 12.7. The molecule has 0 unspecified atom stereocenters. The predicted molar refractivity (Wildman–Crippen MR) is 154 cm³/mol. The second kappa shape index (κ2) is 12.6. The van der Waals surface area contributed by atoms with Gasteiger partial charge < -0.3 is 10.1 Å². The Bertz CT molecular complexity index is 1540. The van der Waals surface area contributed by atoms with Crippen LogP contribution in [0.3, 0.4) is 0 Å². The first-order chi connectivity index (χ1) is 18.3. The SMILES string of the molecule is O=C(NN=Cc1cc(Br)cc(Br)c1OC(=O)c1ccccc1)c1cccc(NC(=O)c2ccccc2Cl)c1. The van der Waals surface area contributed by atoms with Crippen LogP contribution in [-0.2, 0) is 0 Å². The number of hydrogen-bond donors (Lipinski definition) is 2. The van der Waals surface area contributed by atoms with Gasteiger partial charge in [0.2, 0.25) is 0 Å². The van der Waals surface area contributed by atoms with Crippen molar-refractivity contribution in [1.29, 1.82) is 0 Å². The van der Waals surface area contributed by atoms with Gasteiger partial charge in [0, 0.05) is 21.3 Å². The summed E-state index contributed by atoms with van der Waals surface area (Å²) in [7, 11) is 0. The molecule has 0 heterocycles. The number of amides is 2. The lowest BCUT2D eigenvalue weighted by molar-refractivity contribution is 0.0732. The van der Waals surface area contributed by atoms with Crippen LogP contribution in [0, 0.1) is 0 Å². The third kappa shape index (κ3) is 6.95. The highest BCUT2D eigenvalue weighted by Gasteiger charge is 2.16. The Kier molecular flexibility index (Phi) is 9.06. The molecule has 0 aliphatic heterocycles. The quantitative estimate of drug-likeness (QED) is 0.0961. The molecule has 0 fully saturated rings. The molecule has 4 aromatic carbocycles. The number of hydrazone groups is 1. The Labute approximate surface area is 240 Å². The van der Waals surface area contributed by atoms with E-state index in [9.17, 15) is 14.4 Å². The maximum absolute atomic E-state index is 12.7. The lowest BCUT2D eigenvalue weighted by Crippen LogP contribution is -2.18. The summed E-state index contributed by atoms with van der Waals surface area (Å²) in [5.41, 5.74) is 4.28. The Balaban J connectivity index is 1.46. The van der Waals surface area contributed by atoms with Gasteiger partial charge in [0.1, 0.15) is 0 Å². The van der Waals surface area contributed by atoms with Crippen LogP contribution in [-0.4, -0.2) is 24.0 Å². The first-order valence-corrected chi connectivity index (χ1v) is 13.0. The number of nitrogens with one attached hydrogen (secondary N) is 2. The highest BCUT2D eigenvalue weighted by atomic mass is 79.9. The van der Waals surface area contributed by atoms with E-state index >= 15 is 0 Å². The van der Waals surface area contributed by atoms with Crippen LogP contribution in [0.15, 0.2) is 105 Å². The Hall–Kier alpha value is -3.79. The third-order valence-corrected chi connectivity index (χ3v) is 6.49. The number of esters is 1. The molecule has 4 aromatic rings. The molecule has 0 saturated carbocycles. The molecule has 7 nitrogen and oxygen atoms in total. The molecule has 0 bridgehead atoms. The summed E-state index contributed by atoms with van der Waals surface area (Å²) in [5.74, 6) is -1.21. The van der Waals surface area contributed by atoms with Crippen LogP contribution in [0.2, 0.25) is 5.02 Å². The molecule has 4 rings (SSSR count). The molecular formula is C28H18Br2ClN3O4.